The van der Waals surface area contributed by atoms with Gasteiger partial charge in [-0.05, 0) is 284 Å². The third-order valence-corrected chi connectivity index (χ3v) is 25.9. The molecule has 13 aliphatic rings. The Kier molecular flexibility index (Phi) is 40.7. The topological polar surface area (TPSA) is 221 Å². The fourth-order valence-electron chi connectivity index (χ4n) is 15.7. The molecule has 127 heavy (non-hydrogen) atoms. The van der Waals surface area contributed by atoms with E-state index in [9.17, 15) is 46.7 Å². The maximum Gasteiger partial charge on any atom is 0.410 e. The van der Waals surface area contributed by atoms with Crippen molar-refractivity contribution in [1.29, 1.82) is 5.26 Å². The monoisotopic (exact) mass is 1770 g/mol. The summed E-state index contributed by atoms with van der Waals surface area (Å²) >= 11 is 0. The van der Waals surface area contributed by atoms with Crippen LogP contribution in [-0.4, -0.2) is 204 Å². The molecule has 12 saturated carbocycles. The van der Waals surface area contributed by atoms with Crippen LogP contribution in [0.15, 0.2) is 97.1 Å². The lowest BCUT2D eigenvalue weighted by molar-refractivity contribution is -0.132. The zero-order chi connectivity index (χ0) is 91.8. The van der Waals surface area contributed by atoms with Gasteiger partial charge in [-0.3, -0.25) is 19.2 Å². The zero-order valence-electron chi connectivity index (χ0n) is 79.1. The highest BCUT2D eigenvalue weighted by Crippen LogP contribution is 2.53. The number of aryl methyl sites for hydroxylation is 2. The molecule has 0 bridgehead atoms. The molecular formula is C103H153F3N8O13. The average molecular weight is 1770 g/mol. The first-order chi connectivity index (χ1) is 60.9. The molecule has 0 aromatic heterocycles. The smallest absolute Gasteiger partial charge is 0.410 e. The van der Waals surface area contributed by atoms with Gasteiger partial charge in [-0.25, -0.2) is 27.6 Å². The second-order valence-corrected chi connectivity index (χ2v) is 38.6. The van der Waals surface area contributed by atoms with Crippen molar-refractivity contribution >= 4 is 41.9 Å². The number of alkyl halides is 2. The Hall–Kier alpha value is -8.59. The molecule has 17 rings (SSSR count). The molecule has 4 aromatic carbocycles. The number of amides is 7. The number of halogens is 3. The van der Waals surface area contributed by atoms with Crippen LogP contribution in [0, 0.1) is 71.4 Å². The van der Waals surface area contributed by atoms with Crippen molar-refractivity contribution in [3.05, 3.63) is 120 Å². The van der Waals surface area contributed by atoms with E-state index in [0.717, 1.165) is 159 Å². The lowest BCUT2D eigenvalue weighted by Crippen LogP contribution is -2.35. The SMILES string of the molecule is CC(=O)N(C)C1CCC(C)C1.CC(=O)N1CCC2(CC2)C1.CCCN(C(=O)CCC1CC1(F)F)C1CC1.CCCN(C(=O)CCC1CC1)C1CC1.CCCN(C(=O)OCC1(C)CC1)C1CC1.CCCN(C(=O)OCC1CC1)C1CC1.CCCN(C(=O)OCC1CC1OC)C1CC1.Cc1ccc(Oc2ccc(F)cc2)cc1.Cc1ccc(Oc2cccc(C#N)c2)cc1. The van der Waals surface area contributed by atoms with Gasteiger partial charge >= 0.3 is 18.3 Å². The van der Waals surface area contributed by atoms with Gasteiger partial charge in [0.2, 0.25) is 23.6 Å². The molecule has 1 saturated heterocycles. The molecule has 1 aliphatic heterocycles. The van der Waals surface area contributed by atoms with Crippen LogP contribution >= 0.6 is 0 Å². The number of ether oxygens (including phenoxy) is 6. The summed E-state index contributed by atoms with van der Waals surface area (Å²) in [4.78, 5) is 94.4. The van der Waals surface area contributed by atoms with E-state index in [0.29, 0.717) is 121 Å². The number of nitriles is 1. The summed E-state index contributed by atoms with van der Waals surface area (Å²) in [6.07, 6.45) is 35.6. The van der Waals surface area contributed by atoms with E-state index in [1.807, 2.05) is 118 Å². The second-order valence-electron chi connectivity index (χ2n) is 38.6. The van der Waals surface area contributed by atoms with Crippen LogP contribution in [0.4, 0.5) is 27.6 Å². The molecule has 4 aromatic rings. The molecule has 13 fully saturated rings. The number of carbonyl (C=O) groups is 7. The molecule has 21 nitrogen and oxygen atoms in total. The van der Waals surface area contributed by atoms with Gasteiger partial charge in [-0.2, -0.15) is 5.26 Å². The van der Waals surface area contributed by atoms with E-state index in [1.54, 1.807) is 45.2 Å². The van der Waals surface area contributed by atoms with Gasteiger partial charge in [-0.15, -0.1) is 0 Å². The largest absolute Gasteiger partial charge is 0.457 e. The summed E-state index contributed by atoms with van der Waals surface area (Å²) in [7, 11) is 3.62. The minimum Gasteiger partial charge on any atom is -0.457 e. The number of nitrogens with zero attached hydrogens (tertiary/aromatic N) is 8. The van der Waals surface area contributed by atoms with E-state index in [2.05, 4.69) is 52.5 Å². The fourth-order valence-corrected chi connectivity index (χ4v) is 15.7. The maximum atomic E-state index is 12.6. The number of carbonyl (C=O) groups excluding carboxylic acids is 7. The number of likely N-dealkylation sites (tertiary alicyclic amines) is 1. The third kappa shape index (κ3) is 38.2. The molecule has 12 aliphatic carbocycles. The first-order valence-electron chi connectivity index (χ1n) is 48.4. The quantitative estimate of drug-likeness (QED) is 0.0405. The molecule has 0 N–H and O–H groups in total. The average Bonchev–Trinajstić information content (AvgIpc) is 1.62. The van der Waals surface area contributed by atoms with Crippen molar-refractivity contribution in [1.82, 2.24) is 34.3 Å². The normalized spacial score (nSPS) is 21.2. The molecule has 7 amide bonds. The summed E-state index contributed by atoms with van der Waals surface area (Å²) in [5, 5.41) is 8.76. The van der Waals surface area contributed by atoms with Gasteiger partial charge in [0.15, 0.2) is 0 Å². The molecular weight excluding hydrogens is 1610 g/mol. The number of hydrogen-bond donors (Lipinski definition) is 0. The van der Waals surface area contributed by atoms with E-state index in [-0.39, 0.29) is 48.2 Å². The number of benzene rings is 4. The summed E-state index contributed by atoms with van der Waals surface area (Å²) in [5.74, 6) is 3.33. The standard InChI is InChI=1S/C14H11NO.C13H11FO.C12H19F2NO.C12H21NO3.C12H21NO2.C12H21NO.C11H19NO2.C9H17NO.C8H13NO/c1-11-5-7-13(8-6-11)16-14-4-2-3-12(9-14)10-15;1-10-2-6-12(7-3-10)15-13-8-4-11(14)5-9-13;1-2-7-15(10-4-5-10)11(16)6-3-9-8-12(9,13)14;1-3-6-13(10-4-5-10)12(14)16-8-9-7-11(9)15-2;1-3-8-13(10-4-5-10)11(14)15-9-12(2)6-7-12;1-2-9-13(11-6-7-11)12(14)8-5-10-3-4-10;1-2-7-12(10-5-6-10)11(13)14-8-9-3-4-9;1-7-4-5-9(6-7)10(3)8(2)11;1-7(10)9-5-4-8(6-9)2-3-8/h2-9H,1H3;2-9H,1H3;9-10H,2-8H2,1H3;9-11H,3-8H2,1-2H3;10H,3-9H2,1-2H3;10-11H,2-9H2,1H3;9-10H,2-8H2,1H3;7,9H,4-6H2,1-3H3;2-6H2,1H3. The Balaban J connectivity index is 0.000000162. The highest BCUT2D eigenvalue weighted by Gasteiger charge is 2.56. The van der Waals surface area contributed by atoms with E-state index >= 15 is 0 Å². The molecule has 704 valence electrons. The number of methoxy groups -OCH3 is 1. The predicted octanol–water partition coefficient (Wildman–Crippen LogP) is 22.9. The third-order valence-electron chi connectivity index (χ3n) is 25.9. The Morgan fingerprint density at radius 1 is 0.512 bits per heavy atom. The van der Waals surface area contributed by atoms with Crippen molar-refractivity contribution in [3.8, 4) is 29.1 Å². The summed E-state index contributed by atoms with van der Waals surface area (Å²) < 4.78 is 70.2. The maximum absolute atomic E-state index is 12.6. The second kappa shape index (κ2) is 50.6. The van der Waals surface area contributed by atoms with Crippen molar-refractivity contribution < 1.29 is 75.2 Å². The van der Waals surface area contributed by atoms with Crippen LogP contribution < -0.4 is 9.47 Å². The Morgan fingerprint density at radius 2 is 0.937 bits per heavy atom. The van der Waals surface area contributed by atoms with Crippen LogP contribution in [0.1, 0.15) is 291 Å². The van der Waals surface area contributed by atoms with Crippen LogP contribution in [0.2, 0.25) is 0 Å². The highest BCUT2D eigenvalue weighted by molar-refractivity contribution is 5.78. The van der Waals surface area contributed by atoms with Gasteiger partial charge in [0.1, 0.15) is 28.8 Å². The lowest BCUT2D eigenvalue weighted by Gasteiger charge is -2.22. The summed E-state index contributed by atoms with van der Waals surface area (Å²) in [5.41, 5.74) is 3.88. The molecule has 1 heterocycles. The first-order valence-corrected chi connectivity index (χ1v) is 48.4. The van der Waals surface area contributed by atoms with Crippen molar-refractivity contribution in [2.45, 2.75) is 336 Å². The summed E-state index contributed by atoms with van der Waals surface area (Å²) in [6.45, 7) is 30.4. The van der Waals surface area contributed by atoms with Crippen molar-refractivity contribution in [2.24, 2.45) is 40.4 Å². The van der Waals surface area contributed by atoms with Gasteiger partial charge in [0, 0.05) is 147 Å². The van der Waals surface area contributed by atoms with Crippen LogP contribution in [-0.2, 0) is 38.1 Å². The number of rotatable bonds is 33. The Labute approximate surface area is 757 Å². The summed E-state index contributed by atoms with van der Waals surface area (Å²) in [6, 6.07) is 33.6. The Bertz CT molecular complexity index is 3990. The molecule has 5 atom stereocenters. The van der Waals surface area contributed by atoms with E-state index in [1.165, 1.54) is 126 Å². The minimum atomic E-state index is -2.48. The first kappa shape index (κ1) is 102. The van der Waals surface area contributed by atoms with Gasteiger partial charge in [0.05, 0.1) is 37.6 Å². The van der Waals surface area contributed by atoms with Crippen molar-refractivity contribution in [3.63, 3.8) is 0 Å². The molecule has 0 radical (unpaired) electrons. The van der Waals surface area contributed by atoms with Crippen LogP contribution in [0.25, 0.3) is 0 Å². The van der Waals surface area contributed by atoms with Gasteiger partial charge in [-0.1, -0.05) is 103 Å². The van der Waals surface area contributed by atoms with E-state index in [4.69, 9.17) is 33.7 Å². The lowest BCUT2D eigenvalue weighted by atomic mass is 10.1. The number of hydrogen-bond acceptors (Lipinski definition) is 14. The van der Waals surface area contributed by atoms with Gasteiger partial charge in [0.25, 0.3) is 5.92 Å². The van der Waals surface area contributed by atoms with Crippen molar-refractivity contribution in [2.75, 3.05) is 79.8 Å². The highest BCUT2D eigenvalue weighted by atomic mass is 19.3. The van der Waals surface area contributed by atoms with Gasteiger partial charge < -0.3 is 62.7 Å². The molecule has 5 unspecified atom stereocenters. The molecule has 1 spiro atoms. The zero-order valence-corrected chi connectivity index (χ0v) is 79.1. The van der Waals surface area contributed by atoms with Crippen LogP contribution in [0.5, 0.6) is 23.0 Å². The van der Waals surface area contributed by atoms with E-state index < -0.39 is 11.8 Å². The predicted molar refractivity (Wildman–Crippen MR) is 491 cm³/mol. The van der Waals surface area contributed by atoms with Crippen LogP contribution in [0.3, 0.4) is 0 Å². The fraction of sp³-hybridized carbons (Fsp3) is 0.689. The Morgan fingerprint density at radius 3 is 1.31 bits per heavy atom. The molecule has 24 heteroatoms. The minimum absolute atomic E-state index is 0.0164.